The highest BCUT2D eigenvalue weighted by Gasteiger charge is 2.37. The summed E-state index contributed by atoms with van der Waals surface area (Å²) in [6.45, 7) is 7.88. The van der Waals surface area contributed by atoms with Crippen LogP contribution in [0.25, 0.3) is 0 Å². The third kappa shape index (κ3) is 3.46. The Morgan fingerprint density at radius 2 is 2.06 bits per heavy atom. The first-order valence-corrected chi connectivity index (χ1v) is 6.73. The Morgan fingerprint density at radius 3 is 2.62 bits per heavy atom. The standard InChI is InChI=1S/C14H29NO/c1-11(8-10-16-4)13(15)12-7-5-6-9-14(12,2)3/h11-13H,5-10,15H2,1-4H3. The molecule has 0 aromatic carbocycles. The van der Waals surface area contributed by atoms with Gasteiger partial charge in [0.05, 0.1) is 0 Å². The Labute approximate surface area is 101 Å². The van der Waals surface area contributed by atoms with Crippen molar-refractivity contribution in [2.45, 2.75) is 58.9 Å². The summed E-state index contributed by atoms with van der Waals surface area (Å²) < 4.78 is 5.15. The van der Waals surface area contributed by atoms with Crippen molar-refractivity contribution in [2.24, 2.45) is 23.0 Å². The molecule has 16 heavy (non-hydrogen) atoms. The van der Waals surface area contributed by atoms with Crippen LogP contribution in [0.15, 0.2) is 0 Å². The molecule has 0 aliphatic heterocycles. The molecule has 3 atom stereocenters. The van der Waals surface area contributed by atoms with Crippen molar-refractivity contribution in [3.05, 3.63) is 0 Å². The summed E-state index contributed by atoms with van der Waals surface area (Å²) in [5.74, 6) is 1.26. The van der Waals surface area contributed by atoms with E-state index in [9.17, 15) is 0 Å². The lowest BCUT2D eigenvalue weighted by atomic mass is 9.64. The maximum absolute atomic E-state index is 6.45. The smallest absolute Gasteiger partial charge is 0.0465 e. The lowest BCUT2D eigenvalue weighted by Crippen LogP contribution is -2.45. The van der Waals surface area contributed by atoms with E-state index in [0.717, 1.165) is 13.0 Å². The first kappa shape index (κ1) is 14.0. The van der Waals surface area contributed by atoms with Crippen LogP contribution in [-0.2, 0) is 4.74 Å². The second kappa shape index (κ2) is 6.02. The Balaban J connectivity index is 2.53. The molecule has 96 valence electrons. The topological polar surface area (TPSA) is 35.2 Å². The molecule has 0 saturated heterocycles. The average Bonchev–Trinajstić information content (AvgIpc) is 2.24. The van der Waals surface area contributed by atoms with E-state index in [4.69, 9.17) is 10.5 Å². The van der Waals surface area contributed by atoms with Gasteiger partial charge < -0.3 is 10.5 Å². The summed E-state index contributed by atoms with van der Waals surface area (Å²) in [6.07, 6.45) is 6.47. The molecule has 0 aromatic rings. The van der Waals surface area contributed by atoms with Gasteiger partial charge in [-0.1, -0.05) is 33.6 Å². The molecule has 0 radical (unpaired) electrons. The summed E-state index contributed by atoms with van der Waals surface area (Å²) in [7, 11) is 1.77. The summed E-state index contributed by atoms with van der Waals surface area (Å²) in [5.41, 5.74) is 6.88. The van der Waals surface area contributed by atoms with Gasteiger partial charge in [-0.2, -0.15) is 0 Å². The van der Waals surface area contributed by atoms with E-state index in [-0.39, 0.29) is 0 Å². The zero-order valence-electron chi connectivity index (χ0n) is 11.5. The van der Waals surface area contributed by atoms with Gasteiger partial charge in [-0.25, -0.2) is 0 Å². The Hall–Kier alpha value is -0.0800. The molecule has 2 nitrogen and oxygen atoms in total. The minimum absolute atomic E-state index is 0.338. The summed E-state index contributed by atoms with van der Waals surface area (Å²) in [5, 5.41) is 0. The molecule has 0 bridgehead atoms. The second-order valence-corrected chi connectivity index (χ2v) is 6.18. The molecule has 1 aliphatic rings. The molecule has 1 aliphatic carbocycles. The summed E-state index contributed by atoms with van der Waals surface area (Å²) >= 11 is 0. The maximum atomic E-state index is 6.45. The van der Waals surface area contributed by atoms with Crippen molar-refractivity contribution in [3.8, 4) is 0 Å². The molecule has 1 rings (SSSR count). The molecule has 3 unspecified atom stereocenters. The van der Waals surface area contributed by atoms with Gasteiger partial charge in [-0.3, -0.25) is 0 Å². The minimum atomic E-state index is 0.338. The number of ether oxygens (including phenoxy) is 1. The predicted octanol–water partition coefficient (Wildman–Crippen LogP) is 3.20. The number of nitrogens with two attached hydrogens (primary N) is 1. The fourth-order valence-corrected chi connectivity index (χ4v) is 3.13. The molecule has 0 spiro atoms. The second-order valence-electron chi connectivity index (χ2n) is 6.18. The van der Waals surface area contributed by atoms with E-state index >= 15 is 0 Å². The van der Waals surface area contributed by atoms with E-state index in [0.29, 0.717) is 23.3 Å². The lowest BCUT2D eigenvalue weighted by molar-refractivity contribution is 0.0824. The van der Waals surface area contributed by atoms with Gasteiger partial charge in [0.2, 0.25) is 0 Å². The van der Waals surface area contributed by atoms with E-state index in [1.165, 1.54) is 25.7 Å². The van der Waals surface area contributed by atoms with Gasteiger partial charge in [-0.05, 0) is 36.5 Å². The van der Waals surface area contributed by atoms with Crippen LogP contribution in [0, 0.1) is 17.3 Å². The minimum Gasteiger partial charge on any atom is -0.385 e. The predicted molar refractivity (Wildman–Crippen MR) is 69.4 cm³/mol. The van der Waals surface area contributed by atoms with Crippen LogP contribution in [0.4, 0.5) is 0 Å². The van der Waals surface area contributed by atoms with Gasteiger partial charge in [0, 0.05) is 19.8 Å². The maximum Gasteiger partial charge on any atom is 0.0465 e. The third-order valence-electron chi connectivity index (χ3n) is 4.49. The molecule has 0 heterocycles. The summed E-state index contributed by atoms with van der Waals surface area (Å²) in [6, 6.07) is 0.338. The van der Waals surface area contributed by atoms with Crippen molar-refractivity contribution in [2.75, 3.05) is 13.7 Å². The quantitative estimate of drug-likeness (QED) is 0.783. The van der Waals surface area contributed by atoms with Crippen LogP contribution in [0.5, 0.6) is 0 Å². The van der Waals surface area contributed by atoms with Gasteiger partial charge in [0.25, 0.3) is 0 Å². The SMILES string of the molecule is COCCC(C)C(N)C1CCCCC1(C)C. The molecule has 0 aromatic heterocycles. The molecule has 2 heteroatoms. The number of methoxy groups -OCH3 is 1. The molecular weight excluding hydrogens is 198 g/mol. The van der Waals surface area contributed by atoms with Crippen LogP contribution >= 0.6 is 0 Å². The van der Waals surface area contributed by atoms with Crippen molar-refractivity contribution in [1.29, 1.82) is 0 Å². The van der Waals surface area contributed by atoms with Crippen LogP contribution in [0.1, 0.15) is 52.9 Å². The molecule has 1 saturated carbocycles. The van der Waals surface area contributed by atoms with E-state index in [1.54, 1.807) is 7.11 Å². The van der Waals surface area contributed by atoms with Crippen LogP contribution < -0.4 is 5.73 Å². The number of rotatable bonds is 5. The van der Waals surface area contributed by atoms with Gasteiger partial charge in [-0.15, -0.1) is 0 Å². The van der Waals surface area contributed by atoms with Crippen molar-refractivity contribution in [3.63, 3.8) is 0 Å². The average molecular weight is 227 g/mol. The first-order valence-electron chi connectivity index (χ1n) is 6.73. The largest absolute Gasteiger partial charge is 0.385 e. The molecule has 1 fully saturated rings. The fraction of sp³-hybridized carbons (Fsp3) is 1.00. The molecule has 0 amide bonds. The Morgan fingerprint density at radius 1 is 1.38 bits per heavy atom. The highest BCUT2D eigenvalue weighted by atomic mass is 16.5. The van der Waals surface area contributed by atoms with E-state index < -0.39 is 0 Å². The number of hydrogen-bond donors (Lipinski definition) is 1. The highest BCUT2D eigenvalue weighted by Crippen LogP contribution is 2.43. The fourth-order valence-electron chi connectivity index (χ4n) is 3.13. The van der Waals surface area contributed by atoms with Gasteiger partial charge in [0.1, 0.15) is 0 Å². The highest BCUT2D eigenvalue weighted by molar-refractivity contribution is 4.90. The normalized spacial score (nSPS) is 28.7. The zero-order chi connectivity index (χ0) is 12.2. The van der Waals surface area contributed by atoms with Crippen molar-refractivity contribution >= 4 is 0 Å². The van der Waals surface area contributed by atoms with Crippen LogP contribution in [0.2, 0.25) is 0 Å². The summed E-state index contributed by atoms with van der Waals surface area (Å²) in [4.78, 5) is 0. The first-order chi connectivity index (χ1) is 7.49. The monoisotopic (exact) mass is 227 g/mol. The van der Waals surface area contributed by atoms with Crippen molar-refractivity contribution < 1.29 is 4.74 Å². The Bertz CT molecular complexity index is 203. The molecule has 2 N–H and O–H groups in total. The van der Waals surface area contributed by atoms with E-state index in [2.05, 4.69) is 20.8 Å². The third-order valence-corrected chi connectivity index (χ3v) is 4.49. The van der Waals surface area contributed by atoms with E-state index in [1.807, 2.05) is 0 Å². The molecular formula is C14H29NO. The Kier molecular flexibility index (Phi) is 5.26. The number of hydrogen-bond acceptors (Lipinski definition) is 2. The van der Waals surface area contributed by atoms with Crippen LogP contribution in [-0.4, -0.2) is 19.8 Å². The lowest BCUT2D eigenvalue weighted by Gasteiger charge is -2.44. The van der Waals surface area contributed by atoms with Crippen molar-refractivity contribution in [1.82, 2.24) is 0 Å². The zero-order valence-corrected chi connectivity index (χ0v) is 11.5. The van der Waals surface area contributed by atoms with Crippen LogP contribution in [0.3, 0.4) is 0 Å². The van der Waals surface area contributed by atoms with Gasteiger partial charge in [0.15, 0.2) is 0 Å². The van der Waals surface area contributed by atoms with Gasteiger partial charge >= 0.3 is 0 Å².